The average Bonchev–Trinajstić information content (AvgIpc) is 3.23. The Labute approximate surface area is 178 Å². The number of nitrogens with zero attached hydrogens (tertiary/aromatic N) is 1. The third-order valence-corrected chi connectivity index (χ3v) is 5.38. The minimum atomic E-state index is -0.361. The fraction of sp³-hybridized carbons (Fsp3) is 0.417. The molecule has 3 rings (SSSR count). The molecule has 1 aliphatic carbocycles. The number of carbonyl (C=O) groups excluding carboxylic acids is 2. The maximum atomic E-state index is 12.2. The second kappa shape index (κ2) is 10.8. The van der Waals surface area contributed by atoms with Crippen molar-refractivity contribution in [3.05, 3.63) is 59.2 Å². The zero-order valence-corrected chi connectivity index (χ0v) is 17.8. The van der Waals surface area contributed by atoms with Crippen molar-refractivity contribution in [1.82, 2.24) is 4.90 Å². The summed E-state index contributed by atoms with van der Waals surface area (Å²) in [7, 11) is 0. The molecule has 0 heterocycles. The van der Waals surface area contributed by atoms with Gasteiger partial charge in [0.05, 0.1) is 5.56 Å². The van der Waals surface area contributed by atoms with Crippen molar-refractivity contribution in [2.45, 2.75) is 33.1 Å². The molecule has 6 heteroatoms. The highest BCUT2D eigenvalue weighted by Gasteiger charge is 2.12. The lowest BCUT2D eigenvalue weighted by Crippen LogP contribution is -2.27. The van der Waals surface area contributed by atoms with E-state index >= 15 is 0 Å². The van der Waals surface area contributed by atoms with Gasteiger partial charge in [0.1, 0.15) is 12.4 Å². The number of aryl methyl sites for hydroxylation is 2. The normalized spacial score (nSPS) is 12.5. The van der Waals surface area contributed by atoms with Gasteiger partial charge in [0.25, 0.3) is 5.91 Å². The Morgan fingerprint density at radius 1 is 1.00 bits per heavy atom. The van der Waals surface area contributed by atoms with Crippen molar-refractivity contribution in [2.24, 2.45) is 0 Å². The van der Waals surface area contributed by atoms with Crippen LogP contribution >= 0.6 is 0 Å². The van der Waals surface area contributed by atoms with Crippen LogP contribution in [0.1, 0.15) is 41.8 Å². The first kappa shape index (κ1) is 21.8. The number of esters is 1. The summed E-state index contributed by atoms with van der Waals surface area (Å²) < 4.78 is 10.9. The molecule has 0 saturated carbocycles. The number of benzene rings is 2. The summed E-state index contributed by atoms with van der Waals surface area (Å²) in [5, 5.41) is 2.78. The molecule has 0 unspecified atom stereocenters. The van der Waals surface area contributed by atoms with Gasteiger partial charge in [-0.05, 0) is 79.9 Å². The molecule has 1 N–H and O–H groups in total. The minimum absolute atomic E-state index is 0.0616. The molecule has 0 spiro atoms. The minimum Gasteiger partial charge on any atom is -0.484 e. The van der Waals surface area contributed by atoms with Crippen molar-refractivity contribution in [1.29, 1.82) is 0 Å². The summed E-state index contributed by atoms with van der Waals surface area (Å²) in [6.45, 7) is 7.03. The van der Waals surface area contributed by atoms with Crippen LogP contribution in [-0.4, -0.2) is 49.6 Å². The van der Waals surface area contributed by atoms with E-state index in [1.165, 1.54) is 17.5 Å². The molecule has 0 aliphatic heterocycles. The summed E-state index contributed by atoms with van der Waals surface area (Å²) in [6, 6.07) is 12.7. The number of carbonyl (C=O) groups is 2. The van der Waals surface area contributed by atoms with Crippen LogP contribution in [0.15, 0.2) is 42.5 Å². The molecule has 0 atom stereocenters. The molecular formula is C24H30N2O4. The predicted molar refractivity (Wildman–Crippen MR) is 117 cm³/mol. The van der Waals surface area contributed by atoms with Crippen LogP contribution in [0.5, 0.6) is 5.75 Å². The molecule has 30 heavy (non-hydrogen) atoms. The lowest BCUT2D eigenvalue weighted by molar-refractivity contribution is -0.118. The number of hydrogen-bond donors (Lipinski definition) is 1. The second-order valence-corrected chi connectivity index (χ2v) is 7.36. The Hall–Kier alpha value is -2.86. The molecule has 0 aromatic heterocycles. The Morgan fingerprint density at radius 3 is 2.47 bits per heavy atom. The summed E-state index contributed by atoms with van der Waals surface area (Å²) in [5.41, 5.74) is 3.75. The predicted octanol–water partition coefficient (Wildman–Crippen LogP) is 3.69. The van der Waals surface area contributed by atoms with Crippen LogP contribution < -0.4 is 10.1 Å². The van der Waals surface area contributed by atoms with E-state index in [-0.39, 0.29) is 18.5 Å². The maximum absolute atomic E-state index is 12.2. The average molecular weight is 411 g/mol. The highest BCUT2D eigenvalue weighted by atomic mass is 16.5. The van der Waals surface area contributed by atoms with E-state index in [4.69, 9.17) is 9.47 Å². The van der Waals surface area contributed by atoms with Crippen LogP contribution in [0.4, 0.5) is 5.69 Å². The van der Waals surface area contributed by atoms with Crippen molar-refractivity contribution in [3.63, 3.8) is 0 Å². The number of hydrogen-bond acceptors (Lipinski definition) is 5. The molecule has 6 nitrogen and oxygen atoms in total. The highest BCUT2D eigenvalue weighted by molar-refractivity contribution is 5.93. The van der Waals surface area contributed by atoms with Crippen molar-refractivity contribution < 1.29 is 19.1 Å². The van der Waals surface area contributed by atoms with E-state index in [0.29, 0.717) is 23.6 Å². The van der Waals surface area contributed by atoms with Crippen LogP contribution in [0, 0.1) is 0 Å². The first-order valence-corrected chi connectivity index (χ1v) is 10.6. The number of ether oxygens (including phenoxy) is 2. The number of anilines is 1. The van der Waals surface area contributed by atoms with Gasteiger partial charge in [0.2, 0.25) is 0 Å². The van der Waals surface area contributed by atoms with Crippen LogP contribution in [0.3, 0.4) is 0 Å². The summed E-state index contributed by atoms with van der Waals surface area (Å²) in [5.74, 6) is 0.110. The van der Waals surface area contributed by atoms with Gasteiger partial charge in [0.15, 0.2) is 6.61 Å². The van der Waals surface area contributed by atoms with Crippen molar-refractivity contribution in [2.75, 3.05) is 38.2 Å². The Morgan fingerprint density at radius 2 is 1.73 bits per heavy atom. The van der Waals surface area contributed by atoms with Gasteiger partial charge in [-0.25, -0.2) is 4.79 Å². The smallest absolute Gasteiger partial charge is 0.338 e. The van der Waals surface area contributed by atoms with E-state index in [0.717, 1.165) is 32.5 Å². The molecule has 0 fully saturated rings. The van der Waals surface area contributed by atoms with Crippen molar-refractivity contribution >= 4 is 17.6 Å². The second-order valence-electron chi connectivity index (χ2n) is 7.36. The van der Waals surface area contributed by atoms with E-state index in [9.17, 15) is 9.59 Å². The molecule has 2 aromatic carbocycles. The topological polar surface area (TPSA) is 67.9 Å². The number of amides is 1. The zero-order valence-electron chi connectivity index (χ0n) is 17.8. The largest absolute Gasteiger partial charge is 0.484 e. The van der Waals surface area contributed by atoms with Crippen LogP contribution in [-0.2, 0) is 22.4 Å². The molecule has 1 amide bonds. The van der Waals surface area contributed by atoms with Crippen LogP contribution in [0.2, 0.25) is 0 Å². The summed E-state index contributed by atoms with van der Waals surface area (Å²) in [6.07, 6.45) is 3.37. The van der Waals surface area contributed by atoms with E-state index in [1.54, 1.807) is 24.3 Å². The molecule has 0 saturated heterocycles. The third kappa shape index (κ3) is 6.07. The first-order chi connectivity index (χ1) is 14.6. The zero-order chi connectivity index (χ0) is 21.3. The van der Waals surface area contributed by atoms with Crippen molar-refractivity contribution in [3.8, 4) is 5.75 Å². The fourth-order valence-electron chi connectivity index (χ4n) is 3.56. The molecule has 2 aromatic rings. The first-order valence-electron chi connectivity index (χ1n) is 10.6. The highest BCUT2D eigenvalue weighted by Crippen LogP contribution is 2.26. The summed E-state index contributed by atoms with van der Waals surface area (Å²) in [4.78, 5) is 26.5. The van der Waals surface area contributed by atoms with E-state index in [1.807, 2.05) is 12.1 Å². The standard InChI is InChI=1S/C24H30N2O4/c1-3-26(4-2)14-15-29-24(28)19-8-11-21(12-9-19)25-23(27)17-30-22-13-10-18-6-5-7-20(18)16-22/h8-13,16H,3-7,14-15,17H2,1-2H3,(H,25,27). The third-order valence-electron chi connectivity index (χ3n) is 5.38. The SMILES string of the molecule is CCN(CC)CCOC(=O)c1ccc(NC(=O)COc2ccc3c(c2)CCC3)cc1. The van der Waals surface area contributed by atoms with Gasteiger partial charge >= 0.3 is 5.97 Å². The Kier molecular flexibility index (Phi) is 7.85. The van der Waals surface area contributed by atoms with Gasteiger partial charge < -0.3 is 19.7 Å². The van der Waals surface area contributed by atoms with Gasteiger partial charge in [-0.2, -0.15) is 0 Å². The lowest BCUT2D eigenvalue weighted by atomic mass is 10.1. The van der Waals surface area contributed by atoms with E-state index < -0.39 is 0 Å². The van der Waals surface area contributed by atoms with Gasteiger partial charge in [0, 0.05) is 12.2 Å². The lowest BCUT2D eigenvalue weighted by Gasteiger charge is -2.17. The van der Waals surface area contributed by atoms with E-state index in [2.05, 4.69) is 30.1 Å². The molecule has 1 aliphatic rings. The van der Waals surface area contributed by atoms with Crippen LogP contribution in [0.25, 0.3) is 0 Å². The number of rotatable bonds is 10. The number of likely N-dealkylation sites (N-methyl/N-ethyl adjacent to an activating group) is 1. The maximum Gasteiger partial charge on any atom is 0.338 e. The Balaban J connectivity index is 1.43. The molecular weight excluding hydrogens is 380 g/mol. The van der Waals surface area contributed by atoms with Gasteiger partial charge in [-0.1, -0.05) is 19.9 Å². The van der Waals surface area contributed by atoms with Gasteiger partial charge in [-0.3, -0.25) is 4.79 Å². The number of nitrogens with one attached hydrogen (secondary N) is 1. The molecule has 0 radical (unpaired) electrons. The summed E-state index contributed by atoms with van der Waals surface area (Å²) >= 11 is 0. The fourth-order valence-corrected chi connectivity index (χ4v) is 3.56. The number of fused-ring (bicyclic) bond motifs is 1. The Bertz CT molecular complexity index is 860. The molecule has 160 valence electrons. The quantitative estimate of drug-likeness (QED) is 0.605. The van der Waals surface area contributed by atoms with Gasteiger partial charge in [-0.15, -0.1) is 0 Å². The monoisotopic (exact) mass is 410 g/mol. The molecule has 0 bridgehead atoms.